The van der Waals surface area contributed by atoms with Crippen molar-refractivity contribution in [3.05, 3.63) is 100 Å². The van der Waals surface area contributed by atoms with Gasteiger partial charge in [-0.2, -0.15) is 0 Å². The number of fused-ring (bicyclic) bond motifs is 1. The van der Waals surface area contributed by atoms with Crippen molar-refractivity contribution in [3.8, 4) is 5.88 Å². The number of aromatic carboxylic acids is 1. The minimum absolute atomic E-state index is 0.0691. The third kappa shape index (κ3) is 6.09. The molecule has 1 N–H and O–H groups in total. The smallest absolute Gasteiger partial charge is 0.335 e. The summed E-state index contributed by atoms with van der Waals surface area (Å²) in [5.74, 6) is 0.937. The van der Waals surface area contributed by atoms with Crippen molar-refractivity contribution in [2.24, 2.45) is 7.05 Å². The summed E-state index contributed by atoms with van der Waals surface area (Å²) in [5, 5.41) is 18.3. The first kappa shape index (κ1) is 28.8. The fourth-order valence-electron chi connectivity index (χ4n) is 5.72. The van der Waals surface area contributed by atoms with Gasteiger partial charge in [0.15, 0.2) is 5.82 Å². The van der Waals surface area contributed by atoms with E-state index in [0.717, 1.165) is 54.3 Å². The molecule has 1 saturated heterocycles. The zero-order chi connectivity index (χ0) is 30.1. The molecule has 4 heterocycles. The van der Waals surface area contributed by atoms with Crippen LogP contribution < -0.4 is 4.74 Å². The topological polar surface area (TPSA) is 111 Å². The first-order valence-electron chi connectivity index (χ1n) is 14.1. The van der Waals surface area contributed by atoms with Gasteiger partial charge in [0.1, 0.15) is 24.6 Å². The molecule has 1 aliphatic heterocycles. The van der Waals surface area contributed by atoms with Crippen molar-refractivity contribution in [2.75, 3.05) is 13.1 Å². The molecule has 0 saturated carbocycles. The molecule has 3 aromatic heterocycles. The molecule has 43 heavy (non-hydrogen) atoms. The Bertz CT molecular complexity index is 1780. The lowest BCUT2D eigenvalue weighted by molar-refractivity contribution is 0.0697. The van der Waals surface area contributed by atoms with Crippen molar-refractivity contribution >= 4 is 28.6 Å². The normalized spacial score (nSPS) is 15.2. The van der Waals surface area contributed by atoms with E-state index in [4.69, 9.17) is 26.3 Å². The van der Waals surface area contributed by atoms with E-state index in [1.807, 2.05) is 30.7 Å². The molecule has 5 aromatic rings. The van der Waals surface area contributed by atoms with Crippen LogP contribution in [0.5, 0.6) is 5.88 Å². The van der Waals surface area contributed by atoms with E-state index in [9.17, 15) is 14.3 Å². The Kier molecular flexibility index (Phi) is 8.09. The minimum Gasteiger partial charge on any atom is -0.478 e. The number of carbonyl (C=O) groups is 1. The summed E-state index contributed by atoms with van der Waals surface area (Å²) in [5.41, 5.74) is 3.08. The second kappa shape index (κ2) is 12.1. The molecule has 0 aliphatic carbocycles. The molecule has 0 spiro atoms. The number of piperidine rings is 1. The first-order valence-corrected chi connectivity index (χ1v) is 14.5. The molecule has 0 amide bonds. The molecule has 2 aromatic carbocycles. The molecule has 1 aliphatic rings. The maximum atomic E-state index is 14.2. The number of rotatable bonds is 9. The molecule has 1 atom stereocenters. The Balaban J connectivity index is 1.16. The third-order valence-corrected chi connectivity index (χ3v) is 8.26. The standard InChI is InChI=1S/C31H31ClFN7O3/c1-19(30-37-34-18-38(30)2)40-27-14-21(31(41)42)7-9-26(27)35-28(40)16-39-12-10-20(11-13-39)25-4-3-5-29(36-25)43-17-22-6-8-23(32)15-24(22)33/h3-9,14-15,18-20H,10-13,16-17H2,1-2H3,(H,41,42). The van der Waals surface area contributed by atoms with Crippen LogP contribution in [0.15, 0.2) is 60.9 Å². The fraction of sp³-hybridized carbons (Fsp3) is 0.323. The second-order valence-electron chi connectivity index (χ2n) is 10.9. The number of pyridine rings is 1. The van der Waals surface area contributed by atoms with Crippen LogP contribution in [0.4, 0.5) is 4.39 Å². The van der Waals surface area contributed by atoms with E-state index >= 15 is 0 Å². The summed E-state index contributed by atoms with van der Waals surface area (Å²) >= 11 is 5.85. The van der Waals surface area contributed by atoms with Gasteiger partial charge in [-0.15, -0.1) is 10.2 Å². The maximum Gasteiger partial charge on any atom is 0.335 e. The number of hydrogen-bond acceptors (Lipinski definition) is 7. The van der Waals surface area contributed by atoms with Gasteiger partial charge in [0.2, 0.25) is 5.88 Å². The summed E-state index contributed by atoms with van der Waals surface area (Å²) < 4.78 is 23.9. The van der Waals surface area contributed by atoms with E-state index in [0.29, 0.717) is 23.0 Å². The Hall–Kier alpha value is -4.35. The van der Waals surface area contributed by atoms with Crippen LogP contribution in [0.25, 0.3) is 11.0 Å². The number of halogens is 2. The number of likely N-dealkylation sites (tertiary alicyclic amines) is 1. The van der Waals surface area contributed by atoms with Crippen LogP contribution in [-0.2, 0) is 20.2 Å². The fourth-order valence-corrected chi connectivity index (χ4v) is 5.88. The summed E-state index contributed by atoms with van der Waals surface area (Å²) in [6, 6.07) is 15.1. The zero-order valence-electron chi connectivity index (χ0n) is 23.8. The molecule has 1 fully saturated rings. The second-order valence-corrected chi connectivity index (χ2v) is 11.3. The van der Waals surface area contributed by atoms with E-state index in [2.05, 4.69) is 19.7 Å². The number of benzene rings is 2. The van der Waals surface area contributed by atoms with E-state index < -0.39 is 11.8 Å². The highest BCUT2D eigenvalue weighted by molar-refractivity contribution is 6.30. The monoisotopic (exact) mass is 603 g/mol. The minimum atomic E-state index is -0.982. The van der Waals surface area contributed by atoms with Crippen molar-refractivity contribution in [2.45, 2.75) is 44.9 Å². The molecule has 0 bridgehead atoms. The van der Waals surface area contributed by atoms with Gasteiger partial charge < -0.3 is 19.0 Å². The van der Waals surface area contributed by atoms with Crippen molar-refractivity contribution in [1.82, 2.24) is 34.2 Å². The van der Waals surface area contributed by atoms with Gasteiger partial charge in [0.25, 0.3) is 0 Å². The SMILES string of the molecule is CC(c1nncn1C)n1c(CN2CCC(c3cccc(OCc4ccc(Cl)cc4F)n3)CC2)nc2ccc(C(=O)O)cc21. The Morgan fingerprint density at radius 2 is 1.95 bits per heavy atom. The number of ether oxygens (including phenoxy) is 1. The Labute approximate surface area is 252 Å². The summed E-state index contributed by atoms with van der Waals surface area (Å²) in [6.45, 7) is 4.38. The zero-order valence-corrected chi connectivity index (χ0v) is 24.6. The number of imidazole rings is 1. The lowest BCUT2D eigenvalue weighted by atomic mass is 9.93. The molecular weight excluding hydrogens is 573 g/mol. The molecule has 1 unspecified atom stereocenters. The van der Waals surface area contributed by atoms with Gasteiger partial charge in [-0.1, -0.05) is 23.7 Å². The number of nitrogens with zero attached hydrogens (tertiary/aromatic N) is 7. The van der Waals surface area contributed by atoms with Crippen LogP contribution in [-0.4, -0.2) is 58.4 Å². The van der Waals surface area contributed by atoms with Crippen LogP contribution >= 0.6 is 11.6 Å². The molecular formula is C31H31ClFN7O3. The van der Waals surface area contributed by atoms with Gasteiger partial charge in [-0.25, -0.2) is 19.2 Å². The molecule has 0 radical (unpaired) electrons. The van der Waals surface area contributed by atoms with Gasteiger partial charge in [0, 0.05) is 35.3 Å². The molecule has 6 rings (SSSR count). The number of carboxylic acids is 1. The van der Waals surface area contributed by atoms with Crippen molar-refractivity contribution in [3.63, 3.8) is 0 Å². The van der Waals surface area contributed by atoms with E-state index in [1.165, 1.54) is 6.07 Å². The highest BCUT2D eigenvalue weighted by Crippen LogP contribution is 2.31. The number of carboxylic acid groups (broad SMARTS) is 1. The summed E-state index contributed by atoms with van der Waals surface area (Å²) in [6.07, 6.45) is 3.47. The number of aryl methyl sites for hydroxylation is 1. The van der Waals surface area contributed by atoms with Crippen LogP contribution in [0, 0.1) is 5.82 Å². The third-order valence-electron chi connectivity index (χ3n) is 8.02. The lowest BCUT2D eigenvalue weighted by Crippen LogP contribution is -2.34. The highest BCUT2D eigenvalue weighted by atomic mass is 35.5. The molecule has 12 heteroatoms. The predicted octanol–water partition coefficient (Wildman–Crippen LogP) is 5.62. The quantitative estimate of drug-likeness (QED) is 0.231. The van der Waals surface area contributed by atoms with E-state index in [-0.39, 0.29) is 24.1 Å². The number of aromatic nitrogens is 6. The largest absolute Gasteiger partial charge is 0.478 e. The summed E-state index contributed by atoms with van der Waals surface area (Å²) in [7, 11) is 1.89. The first-order chi connectivity index (χ1) is 20.8. The Morgan fingerprint density at radius 3 is 2.67 bits per heavy atom. The maximum absolute atomic E-state index is 14.2. The molecule has 10 nitrogen and oxygen atoms in total. The van der Waals surface area contributed by atoms with Crippen LogP contribution in [0.2, 0.25) is 5.02 Å². The van der Waals surface area contributed by atoms with Crippen LogP contribution in [0.3, 0.4) is 0 Å². The highest BCUT2D eigenvalue weighted by Gasteiger charge is 2.26. The van der Waals surface area contributed by atoms with Gasteiger partial charge >= 0.3 is 5.97 Å². The Morgan fingerprint density at radius 1 is 1.14 bits per heavy atom. The van der Waals surface area contributed by atoms with Gasteiger partial charge in [0.05, 0.1) is 29.2 Å². The molecule has 222 valence electrons. The van der Waals surface area contributed by atoms with Crippen molar-refractivity contribution in [1.29, 1.82) is 0 Å². The average Bonchev–Trinajstić information content (AvgIpc) is 3.59. The predicted molar refractivity (Wildman–Crippen MR) is 159 cm³/mol. The van der Waals surface area contributed by atoms with Gasteiger partial charge in [-0.05, 0) is 69.3 Å². The van der Waals surface area contributed by atoms with E-state index in [1.54, 1.807) is 42.7 Å². The summed E-state index contributed by atoms with van der Waals surface area (Å²) in [4.78, 5) is 23.7. The van der Waals surface area contributed by atoms with Gasteiger partial charge in [-0.3, -0.25) is 4.90 Å². The number of hydrogen-bond donors (Lipinski definition) is 1. The lowest BCUT2D eigenvalue weighted by Gasteiger charge is -2.32. The van der Waals surface area contributed by atoms with Crippen LogP contribution in [0.1, 0.15) is 65.0 Å². The average molecular weight is 604 g/mol. The van der Waals surface area contributed by atoms with Crippen molar-refractivity contribution < 1.29 is 19.0 Å².